The highest BCUT2D eigenvalue weighted by Crippen LogP contribution is 2.41. The number of carbonyl (C=O) groups is 1. The van der Waals surface area contributed by atoms with Gasteiger partial charge in [-0.25, -0.2) is 8.78 Å². The lowest BCUT2D eigenvalue weighted by atomic mass is 9.77. The fraction of sp³-hybridized carbons (Fsp3) is 0.650. The number of hydrogen-bond donors (Lipinski definition) is 0. The summed E-state index contributed by atoms with van der Waals surface area (Å²) in [4.78, 5) is 16.6. The number of rotatable bonds is 4. The molecular weight excluding hydrogens is 354 g/mol. The number of likely N-dealkylation sites (tertiary alicyclic amines) is 2. The first kappa shape index (κ1) is 18.8. The molecule has 7 heteroatoms. The number of benzene rings is 1. The van der Waals surface area contributed by atoms with Crippen LogP contribution in [0.25, 0.3) is 0 Å². The Morgan fingerprint density at radius 1 is 1.11 bits per heavy atom. The molecule has 1 spiro atoms. The second kappa shape index (κ2) is 7.81. The van der Waals surface area contributed by atoms with E-state index in [1.165, 1.54) is 12.1 Å². The fourth-order valence-corrected chi connectivity index (χ4v) is 4.52. The van der Waals surface area contributed by atoms with Gasteiger partial charge in [0.25, 0.3) is 0 Å². The van der Waals surface area contributed by atoms with Crippen LogP contribution in [-0.4, -0.2) is 67.8 Å². The van der Waals surface area contributed by atoms with Crippen molar-refractivity contribution in [3.63, 3.8) is 0 Å². The van der Waals surface area contributed by atoms with Gasteiger partial charge >= 0.3 is 0 Å². The van der Waals surface area contributed by atoms with Crippen LogP contribution < -0.4 is 0 Å². The molecule has 0 aromatic heterocycles. The summed E-state index contributed by atoms with van der Waals surface area (Å²) in [7, 11) is 0. The number of nitrogens with zero attached hydrogens (tertiary/aromatic N) is 2. The van der Waals surface area contributed by atoms with Crippen LogP contribution in [0.15, 0.2) is 18.2 Å². The standard InChI is InChI=1S/C20H26F2N2O3/c21-16-7-15(8-17(22)9-16)11-24-14-20(10-19(24)25)1-3-23(4-2-20)12-18-13-26-5-6-27-18/h7-9,18H,1-6,10-14H2. The zero-order valence-corrected chi connectivity index (χ0v) is 15.5. The quantitative estimate of drug-likeness (QED) is 0.803. The van der Waals surface area contributed by atoms with E-state index in [0.29, 0.717) is 38.3 Å². The Hall–Kier alpha value is -1.57. The predicted octanol–water partition coefficient (Wildman–Crippen LogP) is 2.19. The van der Waals surface area contributed by atoms with Crippen LogP contribution in [0.3, 0.4) is 0 Å². The third-order valence-electron chi connectivity index (χ3n) is 5.96. The van der Waals surface area contributed by atoms with Gasteiger partial charge in [-0.3, -0.25) is 4.79 Å². The summed E-state index contributed by atoms with van der Waals surface area (Å²) in [5.41, 5.74) is 0.494. The van der Waals surface area contributed by atoms with Crippen molar-refractivity contribution >= 4 is 5.91 Å². The number of ether oxygens (including phenoxy) is 2. The lowest BCUT2D eigenvalue weighted by Crippen LogP contribution is -2.46. The Bertz CT molecular complexity index is 666. The molecule has 5 nitrogen and oxygen atoms in total. The molecule has 0 aliphatic carbocycles. The molecule has 0 N–H and O–H groups in total. The zero-order valence-electron chi connectivity index (χ0n) is 15.5. The Labute approximate surface area is 158 Å². The number of carbonyl (C=O) groups excluding carboxylic acids is 1. The van der Waals surface area contributed by atoms with Gasteiger partial charge in [0.15, 0.2) is 0 Å². The maximum atomic E-state index is 13.4. The van der Waals surface area contributed by atoms with E-state index < -0.39 is 11.6 Å². The minimum Gasteiger partial charge on any atom is -0.376 e. The van der Waals surface area contributed by atoms with Crippen LogP contribution in [0.5, 0.6) is 0 Å². The topological polar surface area (TPSA) is 42.0 Å². The number of hydrogen-bond acceptors (Lipinski definition) is 4. The summed E-state index contributed by atoms with van der Waals surface area (Å²) in [6, 6.07) is 3.46. The highest BCUT2D eigenvalue weighted by atomic mass is 19.1. The van der Waals surface area contributed by atoms with E-state index in [-0.39, 0.29) is 24.0 Å². The molecule has 3 fully saturated rings. The molecule has 1 unspecified atom stereocenters. The van der Waals surface area contributed by atoms with Crippen molar-refractivity contribution in [2.24, 2.45) is 5.41 Å². The van der Waals surface area contributed by atoms with E-state index in [0.717, 1.165) is 38.5 Å². The Morgan fingerprint density at radius 2 is 1.85 bits per heavy atom. The normalized spacial score (nSPS) is 26.1. The molecule has 0 saturated carbocycles. The highest BCUT2D eigenvalue weighted by molar-refractivity contribution is 5.79. The van der Waals surface area contributed by atoms with Crippen molar-refractivity contribution in [1.29, 1.82) is 0 Å². The Morgan fingerprint density at radius 3 is 2.52 bits per heavy atom. The van der Waals surface area contributed by atoms with Gasteiger partial charge in [0.1, 0.15) is 11.6 Å². The summed E-state index contributed by atoms with van der Waals surface area (Å²) in [6.45, 7) is 5.67. The molecule has 0 radical (unpaired) electrons. The predicted molar refractivity (Wildman–Crippen MR) is 95.1 cm³/mol. The molecule has 4 rings (SSSR count). The summed E-state index contributed by atoms with van der Waals surface area (Å²) in [6.07, 6.45) is 2.58. The average Bonchev–Trinajstić information content (AvgIpc) is 2.92. The van der Waals surface area contributed by atoms with Crippen molar-refractivity contribution < 1.29 is 23.0 Å². The summed E-state index contributed by atoms with van der Waals surface area (Å²) < 4.78 is 38.0. The minimum atomic E-state index is -0.603. The van der Waals surface area contributed by atoms with Crippen LogP contribution in [0, 0.1) is 17.0 Å². The first-order valence-corrected chi connectivity index (χ1v) is 9.66. The van der Waals surface area contributed by atoms with E-state index in [2.05, 4.69) is 4.90 Å². The van der Waals surface area contributed by atoms with Crippen LogP contribution in [-0.2, 0) is 20.8 Å². The maximum Gasteiger partial charge on any atom is 0.223 e. The average molecular weight is 380 g/mol. The van der Waals surface area contributed by atoms with Gasteiger partial charge < -0.3 is 19.3 Å². The minimum absolute atomic E-state index is 0.0105. The van der Waals surface area contributed by atoms with Crippen molar-refractivity contribution in [2.75, 3.05) is 46.0 Å². The smallest absolute Gasteiger partial charge is 0.223 e. The summed E-state index contributed by atoms with van der Waals surface area (Å²) in [5, 5.41) is 0. The third-order valence-corrected chi connectivity index (χ3v) is 5.96. The Balaban J connectivity index is 1.32. The van der Waals surface area contributed by atoms with E-state index in [1.54, 1.807) is 4.90 Å². The van der Waals surface area contributed by atoms with Crippen LogP contribution in [0.1, 0.15) is 24.8 Å². The largest absolute Gasteiger partial charge is 0.376 e. The molecular formula is C20H26F2N2O3. The summed E-state index contributed by atoms with van der Waals surface area (Å²) >= 11 is 0. The molecule has 148 valence electrons. The number of piperidine rings is 1. The van der Waals surface area contributed by atoms with Gasteiger partial charge in [0.05, 0.1) is 25.9 Å². The third kappa shape index (κ3) is 4.47. The van der Waals surface area contributed by atoms with Crippen molar-refractivity contribution in [2.45, 2.75) is 31.9 Å². The van der Waals surface area contributed by atoms with E-state index in [4.69, 9.17) is 9.47 Å². The van der Waals surface area contributed by atoms with Crippen LogP contribution in [0.4, 0.5) is 8.78 Å². The number of halogens is 2. The van der Waals surface area contributed by atoms with E-state index >= 15 is 0 Å². The van der Waals surface area contributed by atoms with Gasteiger partial charge in [-0.05, 0) is 49.0 Å². The molecule has 3 aliphatic rings. The lowest BCUT2D eigenvalue weighted by Gasteiger charge is -2.40. The van der Waals surface area contributed by atoms with Gasteiger partial charge in [-0.1, -0.05) is 0 Å². The van der Waals surface area contributed by atoms with E-state index in [9.17, 15) is 13.6 Å². The van der Waals surface area contributed by atoms with Crippen molar-refractivity contribution in [3.05, 3.63) is 35.4 Å². The first-order chi connectivity index (χ1) is 13.0. The fourth-order valence-electron chi connectivity index (χ4n) is 4.52. The van der Waals surface area contributed by atoms with Gasteiger partial charge in [0, 0.05) is 32.1 Å². The molecule has 27 heavy (non-hydrogen) atoms. The molecule has 1 amide bonds. The first-order valence-electron chi connectivity index (χ1n) is 9.66. The molecule has 3 saturated heterocycles. The number of amides is 1. The lowest BCUT2D eigenvalue weighted by molar-refractivity contribution is -0.128. The highest BCUT2D eigenvalue weighted by Gasteiger charge is 2.44. The van der Waals surface area contributed by atoms with Gasteiger partial charge in [-0.15, -0.1) is 0 Å². The molecule has 0 bridgehead atoms. The van der Waals surface area contributed by atoms with Crippen molar-refractivity contribution in [1.82, 2.24) is 9.80 Å². The monoisotopic (exact) mass is 380 g/mol. The SMILES string of the molecule is O=C1CC2(CCN(CC3COCCO3)CC2)CN1Cc1cc(F)cc(F)c1. The molecule has 1 atom stereocenters. The molecule has 1 aromatic carbocycles. The van der Waals surface area contributed by atoms with Crippen LogP contribution >= 0.6 is 0 Å². The van der Waals surface area contributed by atoms with Crippen LogP contribution in [0.2, 0.25) is 0 Å². The maximum absolute atomic E-state index is 13.4. The summed E-state index contributed by atoms with van der Waals surface area (Å²) in [5.74, 6) is -1.13. The zero-order chi connectivity index (χ0) is 18.9. The van der Waals surface area contributed by atoms with Gasteiger partial charge in [0.2, 0.25) is 5.91 Å². The molecule has 1 aromatic rings. The van der Waals surface area contributed by atoms with Crippen molar-refractivity contribution in [3.8, 4) is 0 Å². The van der Waals surface area contributed by atoms with Gasteiger partial charge in [-0.2, -0.15) is 0 Å². The Kier molecular flexibility index (Phi) is 5.43. The molecule has 3 aliphatic heterocycles. The second-order valence-corrected chi connectivity index (χ2v) is 8.07. The second-order valence-electron chi connectivity index (χ2n) is 8.07. The molecule has 3 heterocycles. The van der Waals surface area contributed by atoms with E-state index in [1.807, 2.05) is 0 Å².